The number of carbonyl (C=O) groups is 2. The van der Waals surface area contributed by atoms with Crippen LogP contribution in [0.15, 0.2) is 47.4 Å². The molecule has 1 aliphatic heterocycles. The van der Waals surface area contributed by atoms with E-state index < -0.39 is 0 Å². The van der Waals surface area contributed by atoms with E-state index >= 15 is 0 Å². The summed E-state index contributed by atoms with van der Waals surface area (Å²) in [7, 11) is 0. The lowest BCUT2D eigenvalue weighted by Crippen LogP contribution is -2.27. The van der Waals surface area contributed by atoms with Crippen molar-refractivity contribution in [1.82, 2.24) is 0 Å². The Labute approximate surface area is 154 Å². The van der Waals surface area contributed by atoms with Crippen molar-refractivity contribution >= 4 is 57.9 Å². The van der Waals surface area contributed by atoms with E-state index in [1.165, 1.54) is 4.90 Å². The molecule has 2 aromatic rings. The molecular formula is C18H13Cl2NO2S. The maximum absolute atomic E-state index is 12.6. The second-order valence-electron chi connectivity index (χ2n) is 5.17. The van der Waals surface area contributed by atoms with E-state index in [0.717, 1.165) is 23.7 Å². The van der Waals surface area contributed by atoms with Crippen molar-refractivity contribution in [2.45, 2.75) is 13.3 Å². The molecule has 0 unspecified atom stereocenters. The van der Waals surface area contributed by atoms with Gasteiger partial charge in [-0.1, -0.05) is 48.3 Å². The molecule has 0 radical (unpaired) electrons. The van der Waals surface area contributed by atoms with Gasteiger partial charge in [-0.25, -0.2) is 4.90 Å². The first-order valence-corrected chi connectivity index (χ1v) is 8.89. The molecule has 2 amide bonds. The van der Waals surface area contributed by atoms with Gasteiger partial charge in [0.05, 0.1) is 10.6 Å². The molecule has 6 heteroatoms. The quantitative estimate of drug-likeness (QED) is 0.634. The lowest BCUT2D eigenvalue weighted by atomic mass is 10.1. The minimum absolute atomic E-state index is 0.301. The highest BCUT2D eigenvalue weighted by molar-refractivity contribution is 8.19. The van der Waals surface area contributed by atoms with Crippen LogP contribution in [0.2, 0.25) is 10.0 Å². The van der Waals surface area contributed by atoms with Crippen molar-refractivity contribution in [2.75, 3.05) is 4.90 Å². The summed E-state index contributed by atoms with van der Waals surface area (Å²) in [5, 5.41) is 0.530. The average molecular weight is 378 g/mol. The summed E-state index contributed by atoms with van der Waals surface area (Å²) in [5.41, 5.74) is 2.24. The molecule has 0 N–H and O–H groups in total. The van der Waals surface area contributed by atoms with E-state index in [2.05, 4.69) is 0 Å². The number of rotatable bonds is 3. The number of aryl methyl sites for hydroxylation is 1. The predicted molar refractivity (Wildman–Crippen MR) is 101 cm³/mol. The molecule has 1 saturated heterocycles. The Morgan fingerprint density at radius 1 is 1.04 bits per heavy atom. The minimum Gasteiger partial charge on any atom is -0.268 e. The molecule has 0 spiro atoms. The summed E-state index contributed by atoms with van der Waals surface area (Å²) < 4.78 is 0. The first-order valence-electron chi connectivity index (χ1n) is 7.32. The molecule has 3 rings (SSSR count). The van der Waals surface area contributed by atoms with E-state index in [1.54, 1.807) is 36.4 Å². The highest BCUT2D eigenvalue weighted by Gasteiger charge is 2.36. The molecular weight excluding hydrogens is 365 g/mol. The van der Waals surface area contributed by atoms with E-state index in [-0.39, 0.29) is 11.1 Å². The molecule has 1 aliphatic rings. The number of benzene rings is 2. The van der Waals surface area contributed by atoms with Gasteiger partial charge in [0.1, 0.15) is 0 Å². The highest BCUT2D eigenvalue weighted by Crippen LogP contribution is 2.37. The molecule has 0 aliphatic carbocycles. The molecule has 0 saturated carbocycles. The topological polar surface area (TPSA) is 37.4 Å². The molecule has 1 fully saturated rings. The van der Waals surface area contributed by atoms with Gasteiger partial charge in [-0.3, -0.25) is 9.59 Å². The Hall–Kier alpha value is -1.75. The van der Waals surface area contributed by atoms with Crippen molar-refractivity contribution < 1.29 is 9.59 Å². The van der Waals surface area contributed by atoms with Crippen molar-refractivity contribution in [2.24, 2.45) is 0 Å². The van der Waals surface area contributed by atoms with Crippen LogP contribution in [-0.4, -0.2) is 11.1 Å². The third-order valence-corrected chi connectivity index (χ3v) is 5.20. The van der Waals surface area contributed by atoms with Crippen LogP contribution in [0.1, 0.15) is 18.1 Å². The van der Waals surface area contributed by atoms with E-state index in [1.807, 2.05) is 19.1 Å². The molecule has 3 nitrogen and oxygen atoms in total. The zero-order valence-corrected chi connectivity index (χ0v) is 15.1. The van der Waals surface area contributed by atoms with E-state index in [9.17, 15) is 9.59 Å². The van der Waals surface area contributed by atoms with Gasteiger partial charge in [-0.05, 0) is 54.1 Å². The Morgan fingerprint density at radius 2 is 1.67 bits per heavy atom. The summed E-state index contributed by atoms with van der Waals surface area (Å²) in [5.74, 6) is -0.370. The lowest BCUT2D eigenvalue weighted by molar-refractivity contribution is -0.113. The molecule has 24 heavy (non-hydrogen) atoms. The van der Waals surface area contributed by atoms with Gasteiger partial charge in [0.2, 0.25) is 0 Å². The number of anilines is 1. The van der Waals surface area contributed by atoms with Gasteiger partial charge >= 0.3 is 0 Å². The summed E-state index contributed by atoms with van der Waals surface area (Å²) in [4.78, 5) is 26.4. The van der Waals surface area contributed by atoms with Crippen LogP contribution < -0.4 is 4.90 Å². The van der Waals surface area contributed by atoms with Crippen LogP contribution in [0.4, 0.5) is 10.5 Å². The number of thioether (sulfide) groups is 1. The minimum atomic E-state index is -0.370. The Kier molecular flexibility index (Phi) is 4.99. The summed E-state index contributed by atoms with van der Waals surface area (Å²) in [6, 6.07) is 12.5. The number of imide groups is 1. The van der Waals surface area contributed by atoms with Crippen molar-refractivity contribution in [3.63, 3.8) is 0 Å². The Morgan fingerprint density at radius 3 is 2.25 bits per heavy atom. The Bertz CT molecular complexity index is 826. The highest BCUT2D eigenvalue weighted by atomic mass is 35.5. The van der Waals surface area contributed by atoms with Crippen LogP contribution in [0.5, 0.6) is 0 Å². The lowest BCUT2D eigenvalue weighted by Gasteiger charge is -2.12. The van der Waals surface area contributed by atoms with Gasteiger partial charge in [0, 0.05) is 15.6 Å². The smallest absolute Gasteiger partial charge is 0.268 e. The normalized spacial score (nSPS) is 16.3. The number of halogens is 2. The van der Waals surface area contributed by atoms with Gasteiger partial charge < -0.3 is 0 Å². The van der Waals surface area contributed by atoms with Crippen LogP contribution >= 0.6 is 35.0 Å². The molecule has 0 bridgehead atoms. The van der Waals surface area contributed by atoms with Crippen molar-refractivity contribution in [3.05, 3.63) is 68.5 Å². The van der Waals surface area contributed by atoms with E-state index in [0.29, 0.717) is 26.2 Å². The van der Waals surface area contributed by atoms with Gasteiger partial charge in [-0.15, -0.1) is 0 Å². The van der Waals surface area contributed by atoms with Crippen LogP contribution in [0, 0.1) is 0 Å². The third kappa shape index (κ3) is 3.22. The largest absolute Gasteiger partial charge is 0.298 e. The molecule has 2 aromatic carbocycles. The SMILES string of the molecule is CCc1ccc(N2C(=O)S/C(=C\c3c(Cl)cccc3Cl)C2=O)cc1. The second kappa shape index (κ2) is 7.01. The molecule has 1 heterocycles. The maximum Gasteiger partial charge on any atom is 0.298 e. The first-order chi connectivity index (χ1) is 11.5. The molecule has 0 atom stereocenters. The summed E-state index contributed by atoms with van der Waals surface area (Å²) >= 11 is 13.1. The first kappa shape index (κ1) is 17.1. The zero-order valence-electron chi connectivity index (χ0n) is 12.8. The van der Waals surface area contributed by atoms with E-state index in [4.69, 9.17) is 23.2 Å². The van der Waals surface area contributed by atoms with Gasteiger partial charge in [0.25, 0.3) is 11.1 Å². The number of nitrogens with zero attached hydrogens (tertiary/aromatic N) is 1. The molecule has 122 valence electrons. The fourth-order valence-corrected chi connectivity index (χ4v) is 3.68. The van der Waals surface area contributed by atoms with Crippen LogP contribution in [-0.2, 0) is 11.2 Å². The average Bonchev–Trinajstić information content (AvgIpc) is 2.85. The zero-order chi connectivity index (χ0) is 17.3. The monoisotopic (exact) mass is 377 g/mol. The second-order valence-corrected chi connectivity index (χ2v) is 6.98. The standard InChI is InChI=1S/C18H13Cl2NO2S/c1-2-11-6-8-12(9-7-11)21-17(22)16(24-18(21)23)10-13-14(19)4-3-5-15(13)20/h3-10H,2H2,1H3/b16-10-. The van der Waals surface area contributed by atoms with Crippen LogP contribution in [0.25, 0.3) is 6.08 Å². The van der Waals surface area contributed by atoms with Crippen molar-refractivity contribution in [1.29, 1.82) is 0 Å². The fourth-order valence-electron chi connectivity index (χ4n) is 2.35. The third-order valence-electron chi connectivity index (χ3n) is 3.67. The Balaban J connectivity index is 1.95. The number of hydrogen-bond acceptors (Lipinski definition) is 3. The fraction of sp³-hybridized carbons (Fsp3) is 0.111. The number of hydrogen-bond donors (Lipinski definition) is 0. The predicted octanol–water partition coefficient (Wildman–Crippen LogP) is 5.80. The van der Waals surface area contributed by atoms with Crippen molar-refractivity contribution in [3.8, 4) is 0 Å². The van der Waals surface area contributed by atoms with Crippen LogP contribution in [0.3, 0.4) is 0 Å². The van der Waals surface area contributed by atoms with Gasteiger partial charge in [0.15, 0.2) is 0 Å². The number of amides is 2. The summed E-state index contributed by atoms with van der Waals surface area (Å²) in [6.45, 7) is 2.05. The van der Waals surface area contributed by atoms with Gasteiger partial charge in [-0.2, -0.15) is 0 Å². The molecule has 0 aromatic heterocycles. The number of carbonyl (C=O) groups excluding carboxylic acids is 2. The maximum atomic E-state index is 12.6. The summed E-state index contributed by atoms with van der Waals surface area (Å²) in [6.07, 6.45) is 2.46.